The summed E-state index contributed by atoms with van der Waals surface area (Å²) in [5.41, 5.74) is 1.67. The second-order valence-corrected chi connectivity index (χ2v) is 10.1. The molecule has 0 aliphatic heterocycles. The molecule has 26 heavy (non-hydrogen) atoms. The van der Waals surface area contributed by atoms with Gasteiger partial charge in [-0.15, -0.1) is 0 Å². The maximum atomic E-state index is 11.3. The summed E-state index contributed by atoms with van der Waals surface area (Å²) in [5.74, 6) is 1.54. The van der Waals surface area contributed by atoms with Crippen molar-refractivity contribution in [1.29, 1.82) is 0 Å². The number of nitrogens with zero attached hydrogens (tertiary/aromatic N) is 2. The zero-order valence-electron chi connectivity index (χ0n) is 16.3. The van der Waals surface area contributed by atoms with Crippen molar-refractivity contribution in [3.05, 3.63) is 47.4 Å². The minimum Gasteiger partial charge on any atom is -0.366 e. The molecule has 0 radical (unpaired) electrons. The summed E-state index contributed by atoms with van der Waals surface area (Å²) >= 11 is 0. The molecule has 7 heteroatoms. The van der Waals surface area contributed by atoms with Gasteiger partial charge in [-0.25, -0.2) is 23.5 Å². The van der Waals surface area contributed by atoms with Crippen LogP contribution in [0.5, 0.6) is 0 Å². The Morgan fingerprint density at radius 1 is 0.962 bits per heavy atom. The first-order chi connectivity index (χ1) is 11.8. The van der Waals surface area contributed by atoms with Crippen LogP contribution in [0.2, 0.25) is 0 Å². The van der Waals surface area contributed by atoms with Crippen molar-refractivity contribution in [3.63, 3.8) is 0 Å². The average molecular weight is 377 g/mol. The highest BCUT2D eigenvalue weighted by molar-refractivity contribution is 7.89. The van der Waals surface area contributed by atoms with Crippen LogP contribution in [0.1, 0.15) is 58.6 Å². The van der Waals surface area contributed by atoms with Crippen molar-refractivity contribution in [3.8, 4) is 0 Å². The smallest absolute Gasteiger partial charge is 0.238 e. The first-order valence-corrected chi connectivity index (χ1v) is 10.1. The molecule has 0 spiro atoms. The molecule has 0 unspecified atom stereocenters. The topological polar surface area (TPSA) is 98.0 Å². The van der Waals surface area contributed by atoms with E-state index in [2.05, 4.69) is 51.8 Å². The summed E-state index contributed by atoms with van der Waals surface area (Å²) in [5, 5.41) is 8.44. The lowest BCUT2D eigenvalue weighted by Gasteiger charge is -2.24. The van der Waals surface area contributed by atoms with Crippen molar-refractivity contribution in [2.45, 2.75) is 63.8 Å². The number of hydrogen-bond acceptors (Lipinski definition) is 5. The molecule has 0 aliphatic carbocycles. The second-order valence-electron chi connectivity index (χ2n) is 8.50. The van der Waals surface area contributed by atoms with Crippen LogP contribution < -0.4 is 10.5 Å². The van der Waals surface area contributed by atoms with Crippen LogP contribution in [0, 0.1) is 0 Å². The lowest BCUT2D eigenvalue weighted by molar-refractivity contribution is 0.514. The third kappa shape index (κ3) is 5.25. The maximum Gasteiger partial charge on any atom is 0.238 e. The molecule has 3 N–H and O–H groups in total. The van der Waals surface area contributed by atoms with Gasteiger partial charge in [-0.1, -0.05) is 53.7 Å². The Labute approximate surface area is 156 Å². The van der Waals surface area contributed by atoms with Crippen LogP contribution in [0.4, 0.5) is 5.82 Å². The van der Waals surface area contributed by atoms with Crippen molar-refractivity contribution < 1.29 is 8.42 Å². The van der Waals surface area contributed by atoms with Gasteiger partial charge < -0.3 is 5.32 Å². The normalized spacial score (nSPS) is 12.9. The van der Waals surface area contributed by atoms with E-state index in [0.29, 0.717) is 6.54 Å². The summed E-state index contributed by atoms with van der Waals surface area (Å²) < 4.78 is 22.7. The van der Waals surface area contributed by atoms with Gasteiger partial charge in [-0.05, 0) is 17.7 Å². The molecule has 1 aromatic heterocycles. The summed E-state index contributed by atoms with van der Waals surface area (Å²) in [7, 11) is -3.67. The first-order valence-electron chi connectivity index (χ1n) is 8.52. The van der Waals surface area contributed by atoms with Crippen LogP contribution in [0.15, 0.2) is 35.2 Å². The molecule has 2 rings (SSSR count). The van der Waals surface area contributed by atoms with Crippen molar-refractivity contribution >= 4 is 15.8 Å². The quantitative estimate of drug-likeness (QED) is 0.853. The molecule has 6 nitrogen and oxygen atoms in total. The lowest BCUT2D eigenvalue weighted by Crippen LogP contribution is -2.22. The van der Waals surface area contributed by atoms with E-state index < -0.39 is 10.0 Å². The molecule has 0 saturated carbocycles. The van der Waals surface area contributed by atoms with Gasteiger partial charge in [0.2, 0.25) is 10.0 Å². The summed E-state index contributed by atoms with van der Waals surface area (Å²) in [4.78, 5) is 9.49. The molecule has 0 fully saturated rings. The Kier molecular flexibility index (Phi) is 5.44. The van der Waals surface area contributed by atoms with Crippen molar-refractivity contribution in [2.24, 2.45) is 5.14 Å². The highest BCUT2D eigenvalue weighted by Gasteiger charge is 2.23. The summed E-state index contributed by atoms with van der Waals surface area (Å²) in [6.07, 6.45) is 0. The molecule has 2 aromatic rings. The molecule has 0 bridgehead atoms. The molecule has 0 amide bonds. The van der Waals surface area contributed by atoms with Crippen LogP contribution in [-0.2, 0) is 27.4 Å². The fraction of sp³-hybridized carbons (Fsp3) is 0.474. The Morgan fingerprint density at radius 2 is 1.54 bits per heavy atom. The first kappa shape index (κ1) is 20.3. The monoisotopic (exact) mass is 376 g/mol. The molecule has 1 aromatic carbocycles. The van der Waals surface area contributed by atoms with E-state index >= 15 is 0 Å². The maximum absolute atomic E-state index is 11.3. The van der Waals surface area contributed by atoms with Gasteiger partial charge in [-0.3, -0.25) is 0 Å². The third-order valence-corrected chi connectivity index (χ3v) is 4.82. The minimum atomic E-state index is -3.67. The Hall–Kier alpha value is -1.99. The Bertz CT molecular complexity index is 845. The highest BCUT2D eigenvalue weighted by atomic mass is 32.2. The van der Waals surface area contributed by atoms with Gasteiger partial charge in [-0.2, -0.15) is 0 Å². The Balaban J connectivity index is 2.26. The third-order valence-electron chi connectivity index (χ3n) is 3.89. The van der Waals surface area contributed by atoms with E-state index in [1.54, 1.807) is 12.1 Å². The van der Waals surface area contributed by atoms with Gasteiger partial charge >= 0.3 is 0 Å². The molecular weight excluding hydrogens is 348 g/mol. The number of aromatic nitrogens is 2. The lowest BCUT2D eigenvalue weighted by atomic mass is 9.90. The summed E-state index contributed by atoms with van der Waals surface area (Å²) in [6, 6.07) is 8.46. The zero-order chi connectivity index (χ0) is 19.8. The molecule has 0 saturated heterocycles. The van der Waals surface area contributed by atoms with Crippen LogP contribution in [0.3, 0.4) is 0 Å². The van der Waals surface area contributed by atoms with Gasteiger partial charge in [0.05, 0.1) is 10.6 Å². The standard InChI is InChI=1S/C19H28N4O2S/c1-18(2,3)15-11-16(23-17(22-15)19(4,5)6)21-12-13-7-9-14(10-8-13)26(20,24)25/h7-11H,12H2,1-6H3,(H2,20,24,25)(H,21,22,23). The van der Waals surface area contributed by atoms with Crippen LogP contribution in [0.25, 0.3) is 0 Å². The van der Waals surface area contributed by atoms with Crippen molar-refractivity contribution in [2.75, 3.05) is 5.32 Å². The van der Waals surface area contributed by atoms with E-state index in [1.807, 2.05) is 6.07 Å². The van der Waals surface area contributed by atoms with Crippen LogP contribution in [-0.4, -0.2) is 18.4 Å². The fourth-order valence-electron chi connectivity index (χ4n) is 2.25. The molecule has 0 atom stereocenters. The van der Waals surface area contributed by atoms with Crippen molar-refractivity contribution in [1.82, 2.24) is 9.97 Å². The number of sulfonamides is 1. The molecular formula is C19H28N4O2S. The number of primary sulfonamides is 1. The zero-order valence-corrected chi connectivity index (χ0v) is 17.1. The van der Waals surface area contributed by atoms with E-state index in [1.165, 1.54) is 12.1 Å². The largest absolute Gasteiger partial charge is 0.366 e. The van der Waals surface area contributed by atoms with Crippen LogP contribution >= 0.6 is 0 Å². The number of anilines is 1. The van der Waals surface area contributed by atoms with E-state index in [-0.39, 0.29) is 15.7 Å². The Morgan fingerprint density at radius 3 is 2.00 bits per heavy atom. The number of nitrogens with one attached hydrogen (secondary N) is 1. The SMILES string of the molecule is CC(C)(C)c1cc(NCc2ccc(S(N)(=O)=O)cc2)nc(C(C)(C)C)n1. The summed E-state index contributed by atoms with van der Waals surface area (Å²) in [6.45, 7) is 13.2. The van der Waals surface area contributed by atoms with E-state index in [0.717, 1.165) is 22.9 Å². The van der Waals surface area contributed by atoms with Gasteiger partial charge in [0.25, 0.3) is 0 Å². The van der Waals surface area contributed by atoms with E-state index in [9.17, 15) is 8.42 Å². The fourth-order valence-corrected chi connectivity index (χ4v) is 2.76. The molecule has 0 aliphatic rings. The molecule has 142 valence electrons. The number of nitrogens with two attached hydrogens (primary N) is 1. The van der Waals surface area contributed by atoms with Gasteiger partial charge in [0.15, 0.2) is 0 Å². The number of benzene rings is 1. The highest BCUT2D eigenvalue weighted by Crippen LogP contribution is 2.27. The number of hydrogen-bond donors (Lipinski definition) is 2. The molecule has 1 heterocycles. The average Bonchev–Trinajstić information content (AvgIpc) is 2.50. The second kappa shape index (κ2) is 6.96. The predicted molar refractivity (Wildman–Crippen MR) is 105 cm³/mol. The minimum absolute atomic E-state index is 0.0868. The van der Waals surface area contributed by atoms with E-state index in [4.69, 9.17) is 10.1 Å². The van der Waals surface area contributed by atoms with Gasteiger partial charge in [0, 0.05) is 23.4 Å². The predicted octanol–water partition coefficient (Wildman–Crippen LogP) is 3.33. The number of rotatable bonds is 4. The van der Waals surface area contributed by atoms with Gasteiger partial charge in [0.1, 0.15) is 11.6 Å².